The predicted molar refractivity (Wildman–Crippen MR) is 98.6 cm³/mol. The minimum atomic E-state index is -0.116. The summed E-state index contributed by atoms with van der Waals surface area (Å²) < 4.78 is 5.50. The van der Waals surface area contributed by atoms with Crippen molar-refractivity contribution in [2.75, 3.05) is 6.61 Å². The highest BCUT2D eigenvalue weighted by Gasteiger charge is 2.20. The molecule has 0 radical (unpaired) electrons. The van der Waals surface area contributed by atoms with Gasteiger partial charge in [-0.25, -0.2) is 0 Å². The minimum Gasteiger partial charge on any atom is -0.484 e. The second kappa shape index (κ2) is 9.33. The van der Waals surface area contributed by atoms with Gasteiger partial charge in [-0.3, -0.25) is 4.79 Å². The predicted octanol–water partition coefficient (Wildman–Crippen LogP) is 4.81. The van der Waals surface area contributed by atoms with Crippen LogP contribution in [0.5, 0.6) is 5.75 Å². The number of rotatable bonds is 8. The van der Waals surface area contributed by atoms with Gasteiger partial charge in [-0.15, -0.1) is 0 Å². The van der Waals surface area contributed by atoms with E-state index in [1.165, 1.54) is 5.56 Å². The van der Waals surface area contributed by atoms with Gasteiger partial charge in [0.15, 0.2) is 6.61 Å². The van der Waals surface area contributed by atoms with Gasteiger partial charge < -0.3 is 10.1 Å². The molecule has 2 unspecified atom stereocenters. The molecule has 2 atom stereocenters. The van der Waals surface area contributed by atoms with E-state index in [1.54, 1.807) is 24.3 Å². The molecule has 0 aliphatic heterocycles. The Morgan fingerprint density at radius 3 is 2.42 bits per heavy atom. The first-order valence-electron chi connectivity index (χ1n) is 8.32. The van der Waals surface area contributed by atoms with Crippen LogP contribution in [-0.2, 0) is 4.79 Å². The standard InChI is InChI=1S/C20H24ClNO2/c1-3-7-19(16-8-5-4-6-9-16)15(2)22-20(23)14-24-18-12-10-17(21)11-13-18/h4-6,8-13,15,19H,3,7,14H2,1-2H3,(H,22,23). The third kappa shape index (κ3) is 5.57. The third-order valence-electron chi connectivity index (χ3n) is 4.00. The van der Waals surface area contributed by atoms with E-state index in [-0.39, 0.29) is 18.6 Å². The molecule has 0 aromatic heterocycles. The molecular formula is C20H24ClNO2. The first-order chi connectivity index (χ1) is 11.6. The van der Waals surface area contributed by atoms with E-state index < -0.39 is 0 Å². The molecule has 0 saturated carbocycles. The molecule has 0 fully saturated rings. The zero-order valence-corrected chi connectivity index (χ0v) is 14.9. The van der Waals surface area contributed by atoms with Crippen LogP contribution < -0.4 is 10.1 Å². The molecule has 0 saturated heterocycles. The number of hydrogen-bond acceptors (Lipinski definition) is 2. The van der Waals surface area contributed by atoms with E-state index in [1.807, 2.05) is 25.1 Å². The van der Waals surface area contributed by atoms with E-state index in [4.69, 9.17) is 16.3 Å². The normalized spacial score (nSPS) is 13.1. The van der Waals surface area contributed by atoms with Crippen LogP contribution in [0.3, 0.4) is 0 Å². The molecule has 0 spiro atoms. The minimum absolute atomic E-state index is 0.000390. The van der Waals surface area contributed by atoms with Crippen molar-refractivity contribution in [1.29, 1.82) is 0 Å². The lowest BCUT2D eigenvalue weighted by molar-refractivity contribution is -0.123. The van der Waals surface area contributed by atoms with Crippen molar-refractivity contribution in [3.63, 3.8) is 0 Å². The summed E-state index contributed by atoms with van der Waals surface area (Å²) in [5.74, 6) is 0.820. The summed E-state index contributed by atoms with van der Waals surface area (Å²) in [5.41, 5.74) is 1.26. The highest BCUT2D eigenvalue weighted by molar-refractivity contribution is 6.30. The van der Waals surface area contributed by atoms with Crippen molar-refractivity contribution in [2.45, 2.75) is 38.6 Å². The number of carbonyl (C=O) groups is 1. The Hall–Kier alpha value is -2.00. The summed E-state index contributed by atoms with van der Waals surface area (Å²) >= 11 is 5.83. The van der Waals surface area contributed by atoms with Crippen LogP contribution >= 0.6 is 11.6 Å². The van der Waals surface area contributed by atoms with Crippen LogP contribution in [-0.4, -0.2) is 18.6 Å². The third-order valence-corrected chi connectivity index (χ3v) is 4.26. The number of carbonyl (C=O) groups excluding carboxylic acids is 1. The average Bonchev–Trinajstić information content (AvgIpc) is 2.60. The van der Waals surface area contributed by atoms with E-state index >= 15 is 0 Å². The number of hydrogen-bond donors (Lipinski definition) is 1. The summed E-state index contributed by atoms with van der Waals surface area (Å²) in [7, 11) is 0. The summed E-state index contributed by atoms with van der Waals surface area (Å²) in [5, 5.41) is 3.70. The molecule has 24 heavy (non-hydrogen) atoms. The number of amides is 1. The Morgan fingerprint density at radius 2 is 1.79 bits per heavy atom. The molecule has 1 amide bonds. The molecular weight excluding hydrogens is 322 g/mol. The van der Waals surface area contributed by atoms with Crippen LogP contribution in [0.1, 0.15) is 38.2 Å². The Labute approximate surface area is 149 Å². The van der Waals surface area contributed by atoms with Crippen molar-refractivity contribution in [3.8, 4) is 5.75 Å². The van der Waals surface area contributed by atoms with Crippen LogP contribution in [0.4, 0.5) is 0 Å². The molecule has 0 heterocycles. The van der Waals surface area contributed by atoms with Gasteiger partial charge >= 0.3 is 0 Å². The van der Waals surface area contributed by atoms with Crippen LogP contribution in [0.2, 0.25) is 5.02 Å². The number of ether oxygens (including phenoxy) is 1. The van der Waals surface area contributed by atoms with E-state index in [0.717, 1.165) is 12.8 Å². The fourth-order valence-corrected chi connectivity index (χ4v) is 2.92. The van der Waals surface area contributed by atoms with E-state index in [0.29, 0.717) is 16.7 Å². The maximum absolute atomic E-state index is 12.2. The maximum Gasteiger partial charge on any atom is 0.258 e. The zero-order chi connectivity index (χ0) is 17.4. The van der Waals surface area contributed by atoms with E-state index in [9.17, 15) is 4.79 Å². The van der Waals surface area contributed by atoms with Crippen molar-refractivity contribution in [2.24, 2.45) is 0 Å². The topological polar surface area (TPSA) is 38.3 Å². The number of benzene rings is 2. The summed E-state index contributed by atoms with van der Waals surface area (Å²) in [6.07, 6.45) is 2.10. The van der Waals surface area contributed by atoms with Gasteiger partial charge in [-0.05, 0) is 43.2 Å². The lowest BCUT2D eigenvalue weighted by Gasteiger charge is -2.25. The van der Waals surface area contributed by atoms with Crippen LogP contribution in [0.25, 0.3) is 0 Å². The van der Waals surface area contributed by atoms with Crippen molar-refractivity contribution in [3.05, 3.63) is 65.2 Å². The maximum atomic E-state index is 12.2. The Kier molecular flexibility index (Phi) is 7.13. The lowest BCUT2D eigenvalue weighted by Crippen LogP contribution is -2.39. The van der Waals surface area contributed by atoms with Crippen LogP contribution in [0.15, 0.2) is 54.6 Å². The lowest BCUT2D eigenvalue weighted by atomic mass is 9.88. The molecule has 128 valence electrons. The Morgan fingerprint density at radius 1 is 1.12 bits per heavy atom. The first kappa shape index (κ1) is 18.3. The Bertz CT molecular complexity index is 628. The molecule has 2 aromatic carbocycles. The SMILES string of the molecule is CCCC(c1ccccc1)C(C)NC(=O)COc1ccc(Cl)cc1. The van der Waals surface area contributed by atoms with Crippen LogP contribution in [0, 0.1) is 0 Å². The molecule has 0 aliphatic rings. The van der Waals surface area contributed by atoms with Gasteiger partial charge in [-0.2, -0.15) is 0 Å². The van der Waals surface area contributed by atoms with Crippen molar-refractivity contribution < 1.29 is 9.53 Å². The number of halogens is 1. The monoisotopic (exact) mass is 345 g/mol. The van der Waals surface area contributed by atoms with Gasteiger partial charge in [0.2, 0.25) is 0 Å². The molecule has 3 nitrogen and oxygen atoms in total. The van der Waals surface area contributed by atoms with Gasteiger partial charge in [-0.1, -0.05) is 55.3 Å². The fourth-order valence-electron chi connectivity index (χ4n) is 2.79. The highest BCUT2D eigenvalue weighted by Crippen LogP contribution is 2.24. The van der Waals surface area contributed by atoms with Gasteiger partial charge in [0.05, 0.1) is 0 Å². The quantitative estimate of drug-likeness (QED) is 0.745. The average molecular weight is 346 g/mol. The molecule has 2 rings (SSSR count). The molecule has 0 bridgehead atoms. The second-order valence-electron chi connectivity index (χ2n) is 5.90. The molecule has 0 aliphatic carbocycles. The van der Waals surface area contributed by atoms with Gasteiger partial charge in [0.1, 0.15) is 5.75 Å². The van der Waals surface area contributed by atoms with Gasteiger partial charge in [0.25, 0.3) is 5.91 Å². The molecule has 2 aromatic rings. The van der Waals surface area contributed by atoms with Crippen molar-refractivity contribution >= 4 is 17.5 Å². The van der Waals surface area contributed by atoms with Gasteiger partial charge in [0, 0.05) is 17.0 Å². The molecule has 4 heteroatoms. The van der Waals surface area contributed by atoms with E-state index in [2.05, 4.69) is 24.4 Å². The fraction of sp³-hybridized carbons (Fsp3) is 0.350. The number of nitrogens with one attached hydrogen (secondary N) is 1. The van der Waals surface area contributed by atoms with Crippen molar-refractivity contribution in [1.82, 2.24) is 5.32 Å². The Balaban J connectivity index is 1.90. The summed E-state index contributed by atoms with van der Waals surface area (Å²) in [6.45, 7) is 4.21. The second-order valence-corrected chi connectivity index (χ2v) is 6.34. The summed E-state index contributed by atoms with van der Waals surface area (Å²) in [6, 6.07) is 17.4. The largest absolute Gasteiger partial charge is 0.484 e. The molecule has 1 N–H and O–H groups in total. The summed E-state index contributed by atoms with van der Waals surface area (Å²) in [4.78, 5) is 12.2. The highest BCUT2D eigenvalue weighted by atomic mass is 35.5. The zero-order valence-electron chi connectivity index (χ0n) is 14.2. The first-order valence-corrected chi connectivity index (χ1v) is 8.70. The smallest absolute Gasteiger partial charge is 0.258 e.